The summed E-state index contributed by atoms with van der Waals surface area (Å²) in [6, 6.07) is 11.8. The molecule has 0 heterocycles. The molecule has 0 radical (unpaired) electrons. The second-order valence-electron chi connectivity index (χ2n) is 4.60. The summed E-state index contributed by atoms with van der Waals surface area (Å²) in [5.74, 6) is -0.668. The van der Waals surface area contributed by atoms with Crippen molar-refractivity contribution >= 4 is 27.6 Å². The molecule has 3 nitrogen and oxygen atoms in total. The SMILES string of the molecule is COC(=O)c1ccccc1N(C)Cc1ccc(F)cc1Br. The van der Waals surface area contributed by atoms with Gasteiger partial charge in [0.15, 0.2) is 0 Å². The van der Waals surface area contributed by atoms with Crippen LogP contribution in [0.5, 0.6) is 0 Å². The Balaban J connectivity index is 2.28. The van der Waals surface area contributed by atoms with Gasteiger partial charge in [0, 0.05) is 18.1 Å². The van der Waals surface area contributed by atoms with E-state index in [9.17, 15) is 9.18 Å². The minimum absolute atomic E-state index is 0.289. The van der Waals surface area contributed by atoms with Gasteiger partial charge in [0.1, 0.15) is 5.82 Å². The molecule has 0 N–H and O–H groups in total. The van der Waals surface area contributed by atoms with E-state index in [0.717, 1.165) is 11.3 Å². The van der Waals surface area contributed by atoms with Gasteiger partial charge in [0.25, 0.3) is 0 Å². The summed E-state index contributed by atoms with van der Waals surface area (Å²) in [5.41, 5.74) is 2.19. The average molecular weight is 352 g/mol. The predicted octanol–water partition coefficient (Wildman–Crippen LogP) is 4.01. The van der Waals surface area contributed by atoms with Crippen LogP contribution in [-0.4, -0.2) is 20.1 Å². The molecule has 0 aliphatic rings. The van der Waals surface area contributed by atoms with Crippen molar-refractivity contribution in [3.05, 3.63) is 63.9 Å². The monoisotopic (exact) mass is 351 g/mol. The molecule has 0 atom stereocenters. The highest BCUT2D eigenvalue weighted by Crippen LogP contribution is 2.25. The van der Waals surface area contributed by atoms with Gasteiger partial charge in [-0.3, -0.25) is 0 Å². The average Bonchev–Trinajstić information content (AvgIpc) is 2.49. The minimum atomic E-state index is -0.379. The molecule has 0 unspecified atom stereocenters. The first-order valence-corrected chi connectivity index (χ1v) is 7.14. The van der Waals surface area contributed by atoms with Gasteiger partial charge < -0.3 is 9.64 Å². The summed E-state index contributed by atoms with van der Waals surface area (Å²) in [6.45, 7) is 0.537. The lowest BCUT2D eigenvalue weighted by molar-refractivity contribution is 0.0601. The van der Waals surface area contributed by atoms with Crippen molar-refractivity contribution in [3.63, 3.8) is 0 Å². The van der Waals surface area contributed by atoms with Gasteiger partial charge in [-0.2, -0.15) is 0 Å². The Morgan fingerprint density at radius 1 is 1.29 bits per heavy atom. The molecule has 0 fully saturated rings. The summed E-state index contributed by atoms with van der Waals surface area (Å²) < 4.78 is 18.6. The molecule has 0 aliphatic carbocycles. The molecule has 21 heavy (non-hydrogen) atoms. The number of hydrogen-bond donors (Lipinski definition) is 0. The van der Waals surface area contributed by atoms with Gasteiger partial charge in [-0.25, -0.2) is 9.18 Å². The molecule has 5 heteroatoms. The molecular formula is C16H15BrFNO2. The van der Waals surface area contributed by atoms with E-state index < -0.39 is 0 Å². The minimum Gasteiger partial charge on any atom is -0.465 e. The van der Waals surface area contributed by atoms with Gasteiger partial charge in [-0.05, 0) is 29.8 Å². The van der Waals surface area contributed by atoms with E-state index in [0.29, 0.717) is 16.6 Å². The summed E-state index contributed by atoms with van der Waals surface area (Å²) in [7, 11) is 3.23. The van der Waals surface area contributed by atoms with Crippen molar-refractivity contribution in [2.45, 2.75) is 6.54 Å². The van der Waals surface area contributed by atoms with Crippen LogP contribution in [0.4, 0.5) is 10.1 Å². The predicted molar refractivity (Wildman–Crippen MR) is 84.0 cm³/mol. The topological polar surface area (TPSA) is 29.5 Å². The lowest BCUT2D eigenvalue weighted by Crippen LogP contribution is -2.20. The quantitative estimate of drug-likeness (QED) is 0.779. The van der Waals surface area contributed by atoms with Crippen LogP contribution < -0.4 is 4.90 Å². The normalized spacial score (nSPS) is 10.3. The van der Waals surface area contributed by atoms with E-state index >= 15 is 0 Å². The molecule has 2 aromatic rings. The Morgan fingerprint density at radius 2 is 2.00 bits per heavy atom. The first-order chi connectivity index (χ1) is 10.0. The number of carbonyl (C=O) groups is 1. The van der Waals surface area contributed by atoms with Crippen molar-refractivity contribution in [2.75, 3.05) is 19.1 Å². The molecule has 0 saturated heterocycles. The lowest BCUT2D eigenvalue weighted by Gasteiger charge is -2.22. The number of anilines is 1. The largest absolute Gasteiger partial charge is 0.465 e. The Kier molecular flexibility index (Phi) is 4.96. The third kappa shape index (κ3) is 3.61. The highest BCUT2D eigenvalue weighted by molar-refractivity contribution is 9.10. The van der Waals surface area contributed by atoms with Gasteiger partial charge in [0.2, 0.25) is 0 Å². The number of para-hydroxylation sites is 1. The van der Waals surface area contributed by atoms with Gasteiger partial charge in [-0.1, -0.05) is 34.1 Å². The zero-order valence-electron chi connectivity index (χ0n) is 11.8. The fraction of sp³-hybridized carbons (Fsp3) is 0.188. The Morgan fingerprint density at radius 3 is 2.67 bits per heavy atom. The van der Waals surface area contributed by atoms with Crippen molar-refractivity contribution < 1.29 is 13.9 Å². The molecule has 2 aromatic carbocycles. The molecule has 2 rings (SSSR count). The van der Waals surface area contributed by atoms with Gasteiger partial charge in [0.05, 0.1) is 18.4 Å². The van der Waals surface area contributed by atoms with Crippen LogP contribution in [0.25, 0.3) is 0 Å². The summed E-state index contributed by atoms with van der Waals surface area (Å²) >= 11 is 3.35. The van der Waals surface area contributed by atoms with Gasteiger partial charge in [-0.15, -0.1) is 0 Å². The summed E-state index contributed by atoms with van der Waals surface area (Å²) in [6.07, 6.45) is 0. The summed E-state index contributed by atoms with van der Waals surface area (Å²) in [4.78, 5) is 13.7. The summed E-state index contributed by atoms with van der Waals surface area (Å²) in [5, 5.41) is 0. The zero-order chi connectivity index (χ0) is 15.4. The Bertz CT molecular complexity index is 660. The number of benzene rings is 2. The number of hydrogen-bond acceptors (Lipinski definition) is 3. The maximum absolute atomic E-state index is 13.1. The van der Waals surface area contributed by atoms with Crippen LogP contribution in [-0.2, 0) is 11.3 Å². The number of methoxy groups -OCH3 is 1. The van der Waals surface area contributed by atoms with E-state index in [2.05, 4.69) is 15.9 Å². The van der Waals surface area contributed by atoms with Crippen LogP contribution in [0.2, 0.25) is 0 Å². The van der Waals surface area contributed by atoms with Crippen LogP contribution in [0.3, 0.4) is 0 Å². The number of nitrogens with zero attached hydrogens (tertiary/aromatic N) is 1. The molecule has 0 amide bonds. The fourth-order valence-corrected chi connectivity index (χ4v) is 2.56. The number of ether oxygens (including phenoxy) is 1. The first-order valence-electron chi connectivity index (χ1n) is 6.35. The molecule has 110 valence electrons. The van der Waals surface area contributed by atoms with Crippen LogP contribution >= 0.6 is 15.9 Å². The molecule has 0 aromatic heterocycles. The van der Waals surface area contributed by atoms with Crippen molar-refractivity contribution in [2.24, 2.45) is 0 Å². The second kappa shape index (κ2) is 6.72. The van der Waals surface area contributed by atoms with Crippen LogP contribution in [0.15, 0.2) is 46.9 Å². The van der Waals surface area contributed by atoms with Crippen molar-refractivity contribution in [3.8, 4) is 0 Å². The number of halogens is 2. The van der Waals surface area contributed by atoms with Crippen LogP contribution in [0.1, 0.15) is 15.9 Å². The van der Waals surface area contributed by atoms with Crippen LogP contribution in [0, 0.1) is 5.82 Å². The van der Waals surface area contributed by atoms with E-state index in [1.165, 1.54) is 19.2 Å². The first kappa shape index (κ1) is 15.5. The highest BCUT2D eigenvalue weighted by atomic mass is 79.9. The Labute approximate surface area is 131 Å². The van der Waals surface area contributed by atoms with Crippen molar-refractivity contribution in [1.82, 2.24) is 0 Å². The molecule has 0 spiro atoms. The zero-order valence-corrected chi connectivity index (χ0v) is 13.4. The third-order valence-electron chi connectivity index (χ3n) is 3.14. The maximum atomic E-state index is 13.1. The van der Waals surface area contributed by atoms with Gasteiger partial charge >= 0.3 is 5.97 Å². The van der Waals surface area contributed by atoms with Crippen molar-refractivity contribution in [1.29, 1.82) is 0 Å². The lowest BCUT2D eigenvalue weighted by atomic mass is 10.1. The maximum Gasteiger partial charge on any atom is 0.339 e. The molecule has 0 aliphatic heterocycles. The number of esters is 1. The van der Waals surface area contributed by atoms with E-state index in [-0.39, 0.29) is 11.8 Å². The van der Waals surface area contributed by atoms with E-state index in [4.69, 9.17) is 4.74 Å². The second-order valence-corrected chi connectivity index (χ2v) is 5.45. The molecule has 0 saturated carbocycles. The fourth-order valence-electron chi connectivity index (χ4n) is 2.08. The number of carbonyl (C=O) groups excluding carboxylic acids is 1. The molecular weight excluding hydrogens is 337 g/mol. The third-order valence-corrected chi connectivity index (χ3v) is 3.88. The smallest absolute Gasteiger partial charge is 0.339 e. The highest BCUT2D eigenvalue weighted by Gasteiger charge is 2.15. The van der Waals surface area contributed by atoms with E-state index in [1.54, 1.807) is 18.2 Å². The Hall–Kier alpha value is -1.88. The molecule has 0 bridgehead atoms. The standard InChI is InChI=1S/C16H15BrFNO2/c1-19(10-11-7-8-12(18)9-14(11)17)15-6-4-3-5-13(15)16(20)21-2/h3-9H,10H2,1-2H3. The number of rotatable bonds is 4. The van der Waals surface area contributed by atoms with E-state index in [1.807, 2.05) is 24.1 Å².